The highest BCUT2D eigenvalue weighted by molar-refractivity contribution is 6.30. The van der Waals surface area contributed by atoms with E-state index in [0.29, 0.717) is 34.6 Å². The van der Waals surface area contributed by atoms with Crippen molar-refractivity contribution in [1.82, 2.24) is 15.2 Å². The van der Waals surface area contributed by atoms with E-state index < -0.39 is 0 Å². The second-order valence-electron chi connectivity index (χ2n) is 5.64. The molecule has 1 amide bonds. The fraction of sp³-hybridized carbons (Fsp3) is 0.615. The summed E-state index contributed by atoms with van der Waals surface area (Å²) >= 11 is 5.88. The molecule has 4 heterocycles. The Hall–Kier alpha value is -1.00. The van der Waals surface area contributed by atoms with Crippen LogP contribution in [-0.2, 0) is 0 Å². The molecule has 1 aromatic heterocycles. The molecule has 0 aromatic carbocycles. The van der Waals surface area contributed by atoms with Gasteiger partial charge in [-0.3, -0.25) is 4.79 Å². The third-order valence-electron chi connectivity index (χ3n) is 4.88. The van der Waals surface area contributed by atoms with Gasteiger partial charge in [0.05, 0.1) is 5.02 Å². The fourth-order valence-electron chi connectivity index (χ4n) is 4.20. The van der Waals surface area contributed by atoms with Crippen LogP contribution < -0.4 is 5.32 Å². The molecule has 0 radical (unpaired) electrons. The summed E-state index contributed by atoms with van der Waals surface area (Å²) in [6.07, 6.45) is 4.00. The van der Waals surface area contributed by atoms with Crippen LogP contribution in [-0.4, -0.2) is 41.0 Å². The summed E-state index contributed by atoms with van der Waals surface area (Å²) in [4.78, 5) is 17.7. The minimum Gasteiger partial charge on any atom is -0.356 e. The van der Waals surface area contributed by atoms with E-state index in [-0.39, 0.29) is 5.91 Å². The number of aromatic nitrogens is 1. The van der Waals surface area contributed by atoms with Crippen molar-refractivity contribution < 1.29 is 4.79 Å². The van der Waals surface area contributed by atoms with Crippen LogP contribution in [0.25, 0.3) is 0 Å². The summed E-state index contributed by atoms with van der Waals surface area (Å²) in [5, 5.41) is 4.07. The van der Waals surface area contributed by atoms with Gasteiger partial charge in [-0.1, -0.05) is 11.6 Å². The Morgan fingerprint density at radius 3 is 2.50 bits per heavy atom. The second kappa shape index (κ2) is 3.75. The molecule has 0 aliphatic carbocycles. The first-order valence-electron chi connectivity index (χ1n) is 6.63. The van der Waals surface area contributed by atoms with Gasteiger partial charge >= 0.3 is 0 Å². The van der Waals surface area contributed by atoms with Crippen LogP contribution in [0.3, 0.4) is 0 Å². The predicted octanol–water partition coefficient (Wildman–Crippen LogP) is 1.49. The Labute approximate surface area is 111 Å². The van der Waals surface area contributed by atoms with Gasteiger partial charge in [0.15, 0.2) is 0 Å². The maximum Gasteiger partial charge on any atom is 0.270 e. The number of rotatable bonds is 1. The summed E-state index contributed by atoms with van der Waals surface area (Å²) in [5.41, 5.74) is 0.629. The number of nitrogens with zero attached hydrogens (tertiary/aromatic N) is 1. The summed E-state index contributed by atoms with van der Waals surface area (Å²) < 4.78 is 0. The predicted molar refractivity (Wildman–Crippen MR) is 68.6 cm³/mol. The molecule has 3 saturated heterocycles. The lowest BCUT2D eigenvalue weighted by Gasteiger charge is -2.24. The van der Waals surface area contributed by atoms with E-state index in [0.717, 1.165) is 25.9 Å². The topological polar surface area (TPSA) is 48.1 Å². The van der Waals surface area contributed by atoms with E-state index in [2.05, 4.69) is 15.2 Å². The first kappa shape index (κ1) is 10.9. The molecular formula is C13H16ClN3O. The number of hydrogen-bond donors (Lipinski definition) is 2. The Balaban J connectivity index is 1.65. The molecule has 4 rings (SSSR count). The van der Waals surface area contributed by atoms with Gasteiger partial charge in [0.25, 0.3) is 5.91 Å². The highest BCUT2D eigenvalue weighted by Gasteiger charge is 2.56. The fourth-order valence-corrected chi connectivity index (χ4v) is 4.36. The van der Waals surface area contributed by atoms with Crippen LogP contribution in [0.15, 0.2) is 12.3 Å². The smallest absolute Gasteiger partial charge is 0.270 e. The van der Waals surface area contributed by atoms with Crippen LogP contribution in [0.4, 0.5) is 0 Å². The van der Waals surface area contributed by atoms with Gasteiger partial charge in [-0.05, 0) is 30.7 Å². The molecule has 2 N–H and O–H groups in total. The van der Waals surface area contributed by atoms with Gasteiger partial charge < -0.3 is 15.2 Å². The molecule has 0 spiro atoms. The van der Waals surface area contributed by atoms with Gasteiger partial charge in [-0.2, -0.15) is 0 Å². The third kappa shape index (κ3) is 1.33. The lowest BCUT2D eigenvalue weighted by Crippen LogP contribution is -2.39. The molecule has 5 heteroatoms. The molecule has 0 unspecified atom stereocenters. The van der Waals surface area contributed by atoms with Crippen molar-refractivity contribution in [3.05, 3.63) is 23.0 Å². The van der Waals surface area contributed by atoms with Gasteiger partial charge in [0.1, 0.15) is 5.69 Å². The Morgan fingerprint density at radius 2 is 1.94 bits per heavy atom. The molecule has 3 fully saturated rings. The zero-order valence-electron chi connectivity index (χ0n) is 10.0. The first-order valence-corrected chi connectivity index (χ1v) is 7.01. The van der Waals surface area contributed by atoms with Crippen molar-refractivity contribution >= 4 is 17.5 Å². The summed E-state index contributed by atoms with van der Waals surface area (Å²) in [6.45, 7) is 2.14. The summed E-state index contributed by atoms with van der Waals surface area (Å²) in [6, 6.07) is 2.60. The van der Waals surface area contributed by atoms with Crippen molar-refractivity contribution in [2.45, 2.75) is 24.9 Å². The monoisotopic (exact) mass is 265 g/mol. The molecular weight excluding hydrogens is 250 g/mol. The zero-order chi connectivity index (χ0) is 12.3. The minimum absolute atomic E-state index is 0.129. The number of fused-ring (bicyclic) bond motifs is 5. The van der Waals surface area contributed by atoms with E-state index in [9.17, 15) is 4.79 Å². The highest BCUT2D eigenvalue weighted by Crippen LogP contribution is 2.47. The summed E-state index contributed by atoms with van der Waals surface area (Å²) in [7, 11) is 0. The molecule has 0 saturated carbocycles. The number of amides is 1. The van der Waals surface area contributed by atoms with Crippen molar-refractivity contribution in [2.24, 2.45) is 11.8 Å². The van der Waals surface area contributed by atoms with Crippen LogP contribution >= 0.6 is 11.6 Å². The van der Waals surface area contributed by atoms with E-state index in [1.54, 1.807) is 12.3 Å². The molecule has 3 aliphatic heterocycles. The molecule has 4 atom stereocenters. The maximum atomic E-state index is 12.6. The van der Waals surface area contributed by atoms with Crippen molar-refractivity contribution in [2.75, 3.05) is 13.1 Å². The normalized spacial score (nSPS) is 37.3. The standard InChI is InChI=1S/C13H16ClN3O/c14-7-3-10(16-4-7)13(18)17-11-1-2-12(17)9-6-15-5-8(9)11/h3-4,8-9,11-12,15-16H,1-2,5-6H2/t8-,9+,11-,12+. The molecule has 2 bridgehead atoms. The maximum absolute atomic E-state index is 12.6. The molecule has 1 aromatic rings. The van der Waals surface area contributed by atoms with E-state index in [1.807, 2.05) is 0 Å². The van der Waals surface area contributed by atoms with Crippen molar-refractivity contribution in [3.63, 3.8) is 0 Å². The zero-order valence-corrected chi connectivity index (χ0v) is 10.8. The third-order valence-corrected chi connectivity index (χ3v) is 5.10. The Morgan fingerprint density at radius 1 is 1.28 bits per heavy atom. The number of nitrogens with one attached hydrogen (secondary N) is 2. The van der Waals surface area contributed by atoms with Crippen molar-refractivity contribution in [3.8, 4) is 0 Å². The summed E-state index contributed by atoms with van der Waals surface area (Å²) in [5.74, 6) is 1.46. The van der Waals surface area contributed by atoms with Gasteiger partial charge in [0, 0.05) is 31.4 Å². The largest absolute Gasteiger partial charge is 0.356 e. The van der Waals surface area contributed by atoms with Crippen LogP contribution in [0.5, 0.6) is 0 Å². The van der Waals surface area contributed by atoms with E-state index in [4.69, 9.17) is 11.6 Å². The SMILES string of the molecule is O=C(c1cc(Cl)c[nH]1)N1[C@@H]2CC[C@H]1[C@H]1CNC[C@H]12. The molecule has 4 nitrogen and oxygen atoms in total. The van der Waals surface area contributed by atoms with Crippen LogP contribution in [0.2, 0.25) is 5.02 Å². The quantitative estimate of drug-likeness (QED) is 0.808. The molecule has 96 valence electrons. The average Bonchev–Trinajstić information content (AvgIpc) is 3.09. The number of hydrogen-bond acceptors (Lipinski definition) is 2. The first-order chi connectivity index (χ1) is 8.75. The second-order valence-corrected chi connectivity index (χ2v) is 6.08. The average molecular weight is 266 g/mol. The molecule has 3 aliphatic rings. The number of carbonyl (C=O) groups excluding carboxylic acids is 1. The number of aromatic amines is 1. The van der Waals surface area contributed by atoms with Crippen LogP contribution in [0, 0.1) is 11.8 Å². The van der Waals surface area contributed by atoms with E-state index in [1.165, 1.54) is 0 Å². The number of H-pyrrole nitrogens is 1. The van der Waals surface area contributed by atoms with Crippen LogP contribution in [0.1, 0.15) is 23.3 Å². The lowest BCUT2D eigenvalue weighted by atomic mass is 9.82. The van der Waals surface area contributed by atoms with E-state index >= 15 is 0 Å². The molecule has 18 heavy (non-hydrogen) atoms. The Kier molecular flexibility index (Phi) is 2.26. The minimum atomic E-state index is 0.129. The van der Waals surface area contributed by atoms with Gasteiger partial charge in [-0.25, -0.2) is 0 Å². The number of carbonyl (C=O) groups is 1. The van der Waals surface area contributed by atoms with Gasteiger partial charge in [-0.15, -0.1) is 0 Å². The highest BCUT2D eigenvalue weighted by atomic mass is 35.5. The lowest BCUT2D eigenvalue weighted by molar-refractivity contribution is 0.0704. The number of halogens is 1. The Bertz CT molecular complexity index is 482. The van der Waals surface area contributed by atoms with Gasteiger partial charge in [0.2, 0.25) is 0 Å². The van der Waals surface area contributed by atoms with Crippen molar-refractivity contribution in [1.29, 1.82) is 0 Å².